The van der Waals surface area contributed by atoms with Crippen LogP contribution in [0.4, 0.5) is 5.69 Å². The third kappa shape index (κ3) is 2.55. The molecule has 1 aromatic rings. The van der Waals surface area contributed by atoms with Gasteiger partial charge in [0, 0.05) is 9.26 Å². The lowest BCUT2D eigenvalue weighted by atomic mass is 9.95. The van der Waals surface area contributed by atoms with E-state index < -0.39 is 5.41 Å². The van der Waals surface area contributed by atoms with Crippen LogP contribution in [0.25, 0.3) is 0 Å². The molecule has 0 radical (unpaired) electrons. The topological polar surface area (TPSA) is 55.6 Å². The second kappa shape index (κ2) is 4.45. The highest BCUT2D eigenvalue weighted by Crippen LogP contribution is 2.29. The van der Waals surface area contributed by atoms with Crippen LogP contribution in [0.1, 0.15) is 19.4 Å². The average Bonchev–Trinajstić information content (AvgIpc) is 2.49. The van der Waals surface area contributed by atoms with Crippen molar-refractivity contribution in [3.63, 3.8) is 0 Å². The summed E-state index contributed by atoms with van der Waals surface area (Å²) in [7, 11) is 0. The summed E-state index contributed by atoms with van der Waals surface area (Å²) in [4.78, 5) is 17.4. The van der Waals surface area contributed by atoms with Crippen LogP contribution in [0.2, 0.25) is 0 Å². The SMILES string of the molecule is CC1(C)CON(Cc2ccc(N)cc2I)C1=O. The van der Waals surface area contributed by atoms with Crippen molar-refractivity contribution in [1.82, 2.24) is 5.06 Å². The van der Waals surface area contributed by atoms with Crippen molar-refractivity contribution in [3.05, 3.63) is 27.3 Å². The summed E-state index contributed by atoms with van der Waals surface area (Å²) in [6.07, 6.45) is 0. The molecule has 2 rings (SSSR count). The Morgan fingerprint density at radius 3 is 2.76 bits per heavy atom. The molecule has 0 aromatic heterocycles. The third-order valence-corrected chi connectivity index (χ3v) is 3.78. The summed E-state index contributed by atoms with van der Waals surface area (Å²) in [5, 5.41) is 1.44. The van der Waals surface area contributed by atoms with E-state index in [0.717, 1.165) is 14.8 Å². The van der Waals surface area contributed by atoms with E-state index in [0.29, 0.717) is 13.2 Å². The number of hydroxylamine groups is 2. The predicted molar refractivity (Wildman–Crippen MR) is 73.9 cm³/mol. The van der Waals surface area contributed by atoms with Crippen molar-refractivity contribution in [1.29, 1.82) is 0 Å². The number of anilines is 1. The number of amides is 1. The monoisotopic (exact) mass is 346 g/mol. The third-order valence-electron chi connectivity index (χ3n) is 2.78. The van der Waals surface area contributed by atoms with Crippen LogP contribution < -0.4 is 5.73 Å². The Kier molecular flexibility index (Phi) is 3.31. The van der Waals surface area contributed by atoms with Crippen LogP contribution in [0.5, 0.6) is 0 Å². The molecule has 5 heteroatoms. The predicted octanol–water partition coefficient (Wildman–Crippen LogP) is 2.17. The zero-order chi connectivity index (χ0) is 12.6. The minimum atomic E-state index is -0.417. The molecule has 4 nitrogen and oxygen atoms in total. The maximum Gasteiger partial charge on any atom is 0.254 e. The Bertz CT molecular complexity index is 460. The molecule has 0 spiro atoms. The standard InChI is InChI=1S/C12H15IN2O2/c1-12(2)7-17-15(11(12)16)6-8-3-4-9(14)5-10(8)13/h3-5H,6-7,14H2,1-2H3. The van der Waals surface area contributed by atoms with E-state index in [9.17, 15) is 4.79 Å². The summed E-state index contributed by atoms with van der Waals surface area (Å²) >= 11 is 2.21. The molecule has 1 aliphatic heterocycles. The number of carbonyl (C=O) groups is 1. The largest absolute Gasteiger partial charge is 0.399 e. The van der Waals surface area contributed by atoms with Gasteiger partial charge < -0.3 is 5.73 Å². The van der Waals surface area contributed by atoms with E-state index >= 15 is 0 Å². The molecule has 1 amide bonds. The Morgan fingerprint density at radius 2 is 2.24 bits per heavy atom. The van der Waals surface area contributed by atoms with Gasteiger partial charge in [-0.05, 0) is 54.1 Å². The molecule has 1 aromatic carbocycles. The summed E-state index contributed by atoms with van der Waals surface area (Å²) in [6, 6.07) is 5.66. The average molecular weight is 346 g/mol. The quantitative estimate of drug-likeness (QED) is 0.660. The number of halogens is 1. The van der Waals surface area contributed by atoms with Crippen molar-refractivity contribution in [2.24, 2.45) is 5.41 Å². The highest BCUT2D eigenvalue weighted by Gasteiger charge is 2.40. The van der Waals surface area contributed by atoms with Crippen LogP contribution >= 0.6 is 22.6 Å². The van der Waals surface area contributed by atoms with E-state index in [1.807, 2.05) is 32.0 Å². The van der Waals surface area contributed by atoms with Crippen molar-refractivity contribution in [2.45, 2.75) is 20.4 Å². The lowest BCUT2D eigenvalue weighted by molar-refractivity contribution is -0.165. The lowest BCUT2D eigenvalue weighted by Gasteiger charge is -2.17. The smallest absolute Gasteiger partial charge is 0.254 e. The minimum absolute atomic E-state index is 0.0325. The van der Waals surface area contributed by atoms with Gasteiger partial charge in [-0.3, -0.25) is 9.63 Å². The van der Waals surface area contributed by atoms with Gasteiger partial charge in [-0.25, -0.2) is 5.06 Å². The normalized spacial score (nSPS) is 18.8. The highest BCUT2D eigenvalue weighted by molar-refractivity contribution is 14.1. The van der Waals surface area contributed by atoms with Crippen LogP contribution in [0.3, 0.4) is 0 Å². The van der Waals surface area contributed by atoms with Gasteiger partial charge in [-0.1, -0.05) is 6.07 Å². The first kappa shape index (κ1) is 12.6. The second-order valence-electron chi connectivity index (χ2n) is 4.85. The van der Waals surface area contributed by atoms with Crippen LogP contribution in [0.15, 0.2) is 18.2 Å². The minimum Gasteiger partial charge on any atom is -0.399 e. The number of hydrogen-bond acceptors (Lipinski definition) is 3. The summed E-state index contributed by atoms with van der Waals surface area (Å²) in [5.41, 5.74) is 7.05. The van der Waals surface area contributed by atoms with Crippen molar-refractivity contribution >= 4 is 34.2 Å². The van der Waals surface area contributed by atoms with E-state index in [4.69, 9.17) is 10.6 Å². The van der Waals surface area contributed by atoms with Crippen LogP contribution in [-0.2, 0) is 16.2 Å². The van der Waals surface area contributed by atoms with E-state index in [-0.39, 0.29) is 5.91 Å². The number of carbonyl (C=O) groups excluding carboxylic acids is 1. The second-order valence-corrected chi connectivity index (χ2v) is 6.01. The molecule has 0 saturated carbocycles. The molecule has 0 bridgehead atoms. The zero-order valence-corrected chi connectivity index (χ0v) is 12.0. The number of nitrogens with two attached hydrogens (primary N) is 1. The Balaban J connectivity index is 2.15. The maximum absolute atomic E-state index is 12.0. The van der Waals surface area contributed by atoms with Gasteiger partial charge in [-0.2, -0.15) is 0 Å². The van der Waals surface area contributed by atoms with Gasteiger partial charge in [0.25, 0.3) is 5.91 Å². The highest BCUT2D eigenvalue weighted by atomic mass is 127. The molecule has 1 aliphatic rings. The fourth-order valence-corrected chi connectivity index (χ4v) is 2.37. The number of rotatable bonds is 2. The Hall–Kier alpha value is -0.820. The molecule has 92 valence electrons. The van der Waals surface area contributed by atoms with Crippen LogP contribution in [0, 0.1) is 8.99 Å². The van der Waals surface area contributed by atoms with Gasteiger partial charge >= 0.3 is 0 Å². The summed E-state index contributed by atoms with van der Waals surface area (Å²) in [6.45, 7) is 4.70. The number of nitrogens with zero attached hydrogens (tertiary/aromatic N) is 1. The number of hydrogen-bond donors (Lipinski definition) is 1. The van der Waals surface area contributed by atoms with Crippen molar-refractivity contribution in [3.8, 4) is 0 Å². The van der Waals surface area contributed by atoms with Crippen molar-refractivity contribution < 1.29 is 9.63 Å². The number of nitrogen functional groups attached to an aromatic ring is 1. The van der Waals surface area contributed by atoms with Crippen LogP contribution in [-0.4, -0.2) is 17.6 Å². The molecule has 1 saturated heterocycles. The van der Waals surface area contributed by atoms with E-state index in [2.05, 4.69) is 22.6 Å². The molecule has 0 aliphatic carbocycles. The fraction of sp³-hybridized carbons (Fsp3) is 0.417. The van der Waals surface area contributed by atoms with Gasteiger partial charge in [0.05, 0.1) is 18.6 Å². The maximum atomic E-state index is 12.0. The molecule has 0 atom stereocenters. The van der Waals surface area contributed by atoms with E-state index in [1.165, 1.54) is 5.06 Å². The summed E-state index contributed by atoms with van der Waals surface area (Å²) in [5.74, 6) is 0.0325. The molecule has 0 unspecified atom stereocenters. The molecule has 17 heavy (non-hydrogen) atoms. The van der Waals surface area contributed by atoms with Gasteiger partial charge in [0.15, 0.2) is 0 Å². The zero-order valence-electron chi connectivity index (χ0n) is 9.87. The van der Waals surface area contributed by atoms with Gasteiger partial charge in [-0.15, -0.1) is 0 Å². The Labute approximate surface area is 114 Å². The van der Waals surface area contributed by atoms with Crippen molar-refractivity contribution in [2.75, 3.05) is 12.3 Å². The first-order valence-corrected chi connectivity index (χ1v) is 6.47. The first-order valence-electron chi connectivity index (χ1n) is 5.39. The van der Waals surface area contributed by atoms with E-state index in [1.54, 1.807) is 0 Å². The molecular formula is C12H15IN2O2. The lowest BCUT2D eigenvalue weighted by Crippen LogP contribution is -2.30. The first-order chi connectivity index (χ1) is 7.90. The molecular weight excluding hydrogens is 331 g/mol. The summed E-state index contributed by atoms with van der Waals surface area (Å²) < 4.78 is 1.05. The molecule has 1 heterocycles. The molecule has 2 N–H and O–H groups in total. The van der Waals surface area contributed by atoms with Gasteiger partial charge in [0.2, 0.25) is 0 Å². The van der Waals surface area contributed by atoms with Gasteiger partial charge in [0.1, 0.15) is 0 Å². The number of benzene rings is 1. The fourth-order valence-electron chi connectivity index (χ4n) is 1.66. The Morgan fingerprint density at radius 1 is 1.53 bits per heavy atom. The molecule has 1 fully saturated rings.